The summed E-state index contributed by atoms with van der Waals surface area (Å²) >= 11 is 0. The molecule has 17 heavy (non-hydrogen) atoms. The number of fused-ring (bicyclic) bond motifs is 1. The highest BCUT2D eigenvalue weighted by Gasteiger charge is 2.07. The van der Waals surface area contributed by atoms with Crippen molar-refractivity contribution in [2.24, 2.45) is 0 Å². The average molecular weight is 254 g/mol. The number of hydrogen-bond acceptors (Lipinski definition) is 3. The maximum Gasteiger partial charge on any atom is 0.264 e. The van der Waals surface area contributed by atoms with Crippen molar-refractivity contribution in [3.8, 4) is 0 Å². The second-order valence-electron chi connectivity index (χ2n) is 4.00. The average Bonchev–Trinajstić information content (AvgIpc) is 2.67. The Kier molecular flexibility index (Phi) is 3.49. The minimum absolute atomic E-state index is 0.178. The molecule has 1 N–H and O–H groups in total. The van der Waals surface area contributed by atoms with Gasteiger partial charge in [-0.3, -0.25) is 4.55 Å². The first-order valence-electron chi connectivity index (χ1n) is 5.46. The van der Waals surface area contributed by atoms with Gasteiger partial charge in [-0.05, 0) is 30.9 Å². The second kappa shape index (κ2) is 4.89. The van der Waals surface area contributed by atoms with Gasteiger partial charge in [-0.25, -0.2) is 0 Å². The van der Waals surface area contributed by atoms with E-state index in [1.54, 1.807) is 6.26 Å². The van der Waals surface area contributed by atoms with E-state index in [9.17, 15) is 8.42 Å². The van der Waals surface area contributed by atoms with Crippen LogP contribution in [0.1, 0.15) is 18.4 Å². The number of hydrogen-bond donors (Lipinski definition) is 1. The van der Waals surface area contributed by atoms with Gasteiger partial charge in [-0.15, -0.1) is 0 Å². The molecule has 2 rings (SSSR count). The van der Waals surface area contributed by atoms with Crippen molar-refractivity contribution >= 4 is 21.1 Å². The van der Waals surface area contributed by atoms with Crippen LogP contribution in [-0.2, 0) is 16.5 Å². The van der Waals surface area contributed by atoms with Crippen LogP contribution < -0.4 is 0 Å². The highest BCUT2D eigenvalue weighted by atomic mass is 32.2. The van der Waals surface area contributed by atoms with E-state index >= 15 is 0 Å². The molecule has 0 unspecified atom stereocenters. The van der Waals surface area contributed by atoms with Crippen LogP contribution in [-0.4, -0.2) is 18.7 Å². The van der Waals surface area contributed by atoms with Crippen molar-refractivity contribution in [2.75, 3.05) is 5.75 Å². The summed E-state index contributed by atoms with van der Waals surface area (Å²) in [5.74, 6) is -0.178. The highest BCUT2D eigenvalue weighted by molar-refractivity contribution is 7.85. The molecule has 5 heteroatoms. The van der Waals surface area contributed by atoms with Crippen LogP contribution in [0.25, 0.3) is 11.0 Å². The number of furan rings is 1. The molecule has 92 valence electrons. The third kappa shape index (κ3) is 3.31. The summed E-state index contributed by atoms with van der Waals surface area (Å²) < 4.78 is 35.1. The van der Waals surface area contributed by atoms with E-state index in [0.717, 1.165) is 23.0 Å². The van der Waals surface area contributed by atoms with Gasteiger partial charge in [0.05, 0.1) is 12.0 Å². The zero-order chi connectivity index (χ0) is 12.3. The zero-order valence-electron chi connectivity index (χ0n) is 9.30. The molecule has 4 nitrogen and oxygen atoms in total. The maximum atomic E-state index is 10.5. The number of para-hydroxylation sites is 1. The predicted molar refractivity (Wildman–Crippen MR) is 65.6 cm³/mol. The Hall–Kier alpha value is -1.33. The van der Waals surface area contributed by atoms with E-state index in [0.29, 0.717) is 12.8 Å². The van der Waals surface area contributed by atoms with Crippen molar-refractivity contribution < 1.29 is 17.4 Å². The lowest BCUT2D eigenvalue weighted by Crippen LogP contribution is -2.03. The lowest BCUT2D eigenvalue weighted by molar-refractivity contribution is 0.480. The van der Waals surface area contributed by atoms with Crippen LogP contribution in [0.5, 0.6) is 0 Å². The van der Waals surface area contributed by atoms with Crippen molar-refractivity contribution in [3.05, 3.63) is 36.1 Å². The van der Waals surface area contributed by atoms with E-state index in [4.69, 9.17) is 8.97 Å². The van der Waals surface area contributed by atoms with E-state index in [1.165, 1.54) is 0 Å². The molecule has 2 aromatic rings. The molecule has 0 aliphatic rings. The molecule has 0 aliphatic heterocycles. The summed E-state index contributed by atoms with van der Waals surface area (Å²) in [6, 6.07) is 7.74. The van der Waals surface area contributed by atoms with Gasteiger partial charge in [0, 0.05) is 5.39 Å². The standard InChI is InChI=1S/C12H14O4S/c13-17(14,15)8-4-3-5-10-9-16-12-7-2-1-6-11(10)12/h1-2,6-7,9H,3-5,8H2,(H,13,14,15). The quantitative estimate of drug-likeness (QED) is 0.658. The smallest absolute Gasteiger partial charge is 0.264 e. The van der Waals surface area contributed by atoms with Crippen molar-refractivity contribution in [3.63, 3.8) is 0 Å². The Balaban J connectivity index is 1.96. The minimum atomic E-state index is -3.83. The maximum absolute atomic E-state index is 10.5. The van der Waals surface area contributed by atoms with E-state index in [2.05, 4.69) is 0 Å². The van der Waals surface area contributed by atoms with Crippen molar-refractivity contribution in [1.82, 2.24) is 0 Å². The summed E-state index contributed by atoms with van der Waals surface area (Å²) in [5.41, 5.74) is 1.92. The molecule has 0 saturated carbocycles. The Morgan fingerprint density at radius 3 is 2.71 bits per heavy atom. The SMILES string of the molecule is O=S(=O)(O)CCCCc1coc2ccccc12. The molecule has 0 saturated heterocycles. The molecule has 0 amide bonds. The fourth-order valence-electron chi connectivity index (χ4n) is 1.83. The fraction of sp³-hybridized carbons (Fsp3) is 0.333. The van der Waals surface area contributed by atoms with Gasteiger partial charge in [-0.1, -0.05) is 18.2 Å². The van der Waals surface area contributed by atoms with Gasteiger partial charge in [0.15, 0.2) is 0 Å². The number of rotatable bonds is 5. The molecular weight excluding hydrogens is 240 g/mol. The second-order valence-corrected chi connectivity index (χ2v) is 5.57. The molecule has 0 fully saturated rings. The normalized spacial score (nSPS) is 12.1. The summed E-state index contributed by atoms with van der Waals surface area (Å²) in [4.78, 5) is 0. The van der Waals surface area contributed by atoms with Gasteiger partial charge < -0.3 is 4.42 Å². The van der Waals surface area contributed by atoms with Crippen molar-refractivity contribution in [1.29, 1.82) is 0 Å². The lowest BCUT2D eigenvalue weighted by atomic mass is 10.1. The number of benzene rings is 1. The first kappa shape index (κ1) is 12.1. The molecule has 1 aromatic carbocycles. The molecule has 1 aromatic heterocycles. The van der Waals surface area contributed by atoms with E-state index < -0.39 is 10.1 Å². The largest absolute Gasteiger partial charge is 0.464 e. The number of unbranched alkanes of at least 4 members (excludes halogenated alkanes) is 1. The summed E-state index contributed by atoms with van der Waals surface area (Å²) in [5, 5.41) is 1.07. The fourth-order valence-corrected chi connectivity index (χ4v) is 2.40. The Bertz CT molecular complexity index is 598. The van der Waals surface area contributed by atoms with Crippen LogP contribution >= 0.6 is 0 Å². The molecule has 1 heterocycles. The molecule has 0 atom stereocenters. The molecule has 0 radical (unpaired) electrons. The summed E-state index contributed by atoms with van der Waals surface area (Å²) in [7, 11) is -3.83. The molecule has 0 bridgehead atoms. The first-order chi connectivity index (χ1) is 8.06. The predicted octanol–water partition coefficient (Wildman–Crippen LogP) is 2.64. The third-order valence-corrected chi connectivity index (χ3v) is 3.46. The van der Waals surface area contributed by atoms with Gasteiger partial charge in [0.25, 0.3) is 10.1 Å². The van der Waals surface area contributed by atoms with Crippen LogP contribution in [0.2, 0.25) is 0 Å². The summed E-state index contributed by atoms with van der Waals surface area (Å²) in [6.45, 7) is 0. The van der Waals surface area contributed by atoms with Gasteiger partial charge in [0.1, 0.15) is 5.58 Å². The van der Waals surface area contributed by atoms with Gasteiger partial charge >= 0.3 is 0 Å². The first-order valence-corrected chi connectivity index (χ1v) is 7.07. The van der Waals surface area contributed by atoms with E-state index in [1.807, 2.05) is 24.3 Å². The molecule has 0 aliphatic carbocycles. The highest BCUT2D eigenvalue weighted by Crippen LogP contribution is 2.22. The Morgan fingerprint density at radius 1 is 1.18 bits per heavy atom. The van der Waals surface area contributed by atoms with Crippen LogP contribution in [0.3, 0.4) is 0 Å². The Morgan fingerprint density at radius 2 is 1.94 bits per heavy atom. The van der Waals surface area contributed by atoms with Crippen LogP contribution in [0.4, 0.5) is 0 Å². The van der Waals surface area contributed by atoms with Crippen LogP contribution in [0, 0.1) is 0 Å². The topological polar surface area (TPSA) is 67.5 Å². The zero-order valence-corrected chi connectivity index (χ0v) is 10.1. The summed E-state index contributed by atoms with van der Waals surface area (Å²) in [6.07, 6.45) is 3.63. The number of aryl methyl sites for hydroxylation is 1. The molecule has 0 spiro atoms. The minimum Gasteiger partial charge on any atom is -0.464 e. The van der Waals surface area contributed by atoms with Gasteiger partial charge in [0.2, 0.25) is 0 Å². The third-order valence-electron chi connectivity index (χ3n) is 2.66. The lowest BCUT2D eigenvalue weighted by Gasteiger charge is -1.98. The van der Waals surface area contributed by atoms with Crippen molar-refractivity contribution in [2.45, 2.75) is 19.3 Å². The van der Waals surface area contributed by atoms with Crippen LogP contribution in [0.15, 0.2) is 34.9 Å². The Labute approximate surface area is 100.0 Å². The monoisotopic (exact) mass is 254 g/mol. The van der Waals surface area contributed by atoms with Gasteiger partial charge in [-0.2, -0.15) is 8.42 Å². The van der Waals surface area contributed by atoms with E-state index in [-0.39, 0.29) is 5.75 Å². The molecular formula is C12H14O4S.